The van der Waals surface area contributed by atoms with Gasteiger partial charge in [0, 0.05) is 22.8 Å². The molecule has 0 aromatic carbocycles. The van der Waals surface area contributed by atoms with E-state index < -0.39 is 0 Å². The van der Waals surface area contributed by atoms with Crippen LogP contribution in [0, 0.1) is 0 Å². The van der Waals surface area contributed by atoms with Crippen LogP contribution in [0.15, 0.2) is 30.5 Å². The Bertz CT molecular complexity index is 576. The molecule has 15 heavy (non-hydrogen) atoms. The van der Waals surface area contributed by atoms with E-state index in [2.05, 4.69) is 16.0 Å². The van der Waals surface area contributed by atoms with Crippen LogP contribution in [0.5, 0.6) is 0 Å². The molecule has 0 bridgehead atoms. The quantitative estimate of drug-likeness (QED) is 0.680. The Balaban J connectivity index is 2.39. The number of nitrogens with two attached hydrogens (primary N) is 1. The molecule has 2 heterocycles. The first-order valence-electron chi connectivity index (χ1n) is 4.95. The molecule has 0 fully saturated rings. The number of hydrogen-bond acceptors (Lipinski definition) is 2. The number of hydrogen-bond donors (Lipinski definition) is 2. The Labute approximate surface area is 87.3 Å². The van der Waals surface area contributed by atoms with E-state index in [1.807, 2.05) is 30.5 Å². The molecule has 3 heteroatoms. The van der Waals surface area contributed by atoms with Crippen LogP contribution < -0.4 is 5.73 Å². The molecule has 0 atom stereocenters. The van der Waals surface area contributed by atoms with E-state index in [1.54, 1.807) is 0 Å². The molecule has 0 unspecified atom stereocenters. The predicted molar refractivity (Wildman–Crippen MR) is 62.4 cm³/mol. The fourth-order valence-corrected chi connectivity index (χ4v) is 1.92. The van der Waals surface area contributed by atoms with Crippen molar-refractivity contribution in [2.45, 2.75) is 6.42 Å². The highest BCUT2D eigenvalue weighted by molar-refractivity contribution is 5.92. The van der Waals surface area contributed by atoms with Crippen LogP contribution in [0.4, 0.5) is 5.69 Å². The molecule has 2 aromatic heterocycles. The van der Waals surface area contributed by atoms with Crippen molar-refractivity contribution in [3.05, 3.63) is 41.7 Å². The highest BCUT2D eigenvalue weighted by atomic mass is 14.9. The van der Waals surface area contributed by atoms with E-state index in [0.717, 1.165) is 34.4 Å². The minimum Gasteiger partial charge on any atom is -0.398 e. The zero-order chi connectivity index (χ0) is 10.3. The van der Waals surface area contributed by atoms with Gasteiger partial charge in [-0.25, -0.2) is 4.98 Å². The summed E-state index contributed by atoms with van der Waals surface area (Å²) in [4.78, 5) is 7.62. The van der Waals surface area contributed by atoms with E-state index in [0.29, 0.717) is 0 Å². The van der Waals surface area contributed by atoms with Gasteiger partial charge in [-0.3, -0.25) is 0 Å². The van der Waals surface area contributed by atoms with Crippen molar-refractivity contribution in [2.75, 3.05) is 5.73 Å². The van der Waals surface area contributed by atoms with E-state index in [4.69, 9.17) is 5.73 Å². The maximum atomic E-state index is 6.13. The summed E-state index contributed by atoms with van der Waals surface area (Å²) in [6, 6.07) is 1.97. The van der Waals surface area contributed by atoms with Gasteiger partial charge >= 0.3 is 0 Å². The fraction of sp³-hybridized carbons (Fsp3) is 0.0833. The number of rotatable bonds is 0. The highest BCUT2D eigenvalue weighted by Crippen LogP contribution is 2.27. The Morgan fingerprint density at radius 1 is 1.33 bits per heavy atom. The molecule has 74 valence electrons. The summed E-state index contributed by atoms with van der Waals surface area (Å²) in [5.41, 5.74) is 9.91. The molecule has 0 amide bonds. The third kappa shape index (κ3) is 1.16. The minimum absolute atomic E-state index is 0.840. The maximum Gasteiger partial charge on any atom is 0.140 e. The summed E-state index contributed by atoms with van der Waals surface area (Å²) in [5, 5.41) is 1.01. The largest absolute Gasteiger partial charge is 0.398 e. The van der Waals surface area contributed by atoms with Crippen LogP contribution in [0.1, 0.15) is 11.3 Å². The van der Waals surface area contributed by atoms with E-state index in [9.17, 15) is 0 Å². The second kappa shape index (κ2) is 2.98. The van der Waals surface area contributed by atoms with Crippen LogP contribution in [-0.4, -0.2) is 9.97 Å². The second-order valence-corrected chi connectivity index (χ2v) is 3.62. The van der Waals surface area contributed by atoms with Crippen molar-refractivity contribution in [3.63, 3.8) is 0 Å². The summed E-state index contributed by atoms with van der Waals surface area (Å²) in [6.07, 6.45) is 10.8. The zero-order valence-electron chi connectivity index (χ0n) is 8.20. The number of allylic oxidation sites excluding steroid dienone is 3. The van der Waals surface area contributed by atoms with Gasteiger partial charge in [-0.2, -0.15) is 0 Å². The standard InChI is InChI=1S/C12H11N3/c13-11-8-4-2-1-3-5-10(8)15-12-9(11)6-7-14-12/h1-3,5-7H,4H2,(H3,13,14,15). The van der Waals surface area contributed by atoms with Crippen LogP contribution in [0.25, 0.3) is 17.1 Å². The van der Waals surface area contributed by atoms with E-state index in [-0.39, 0.29) is 0 Å². The smallest absolute Gasteiger partial charge is 0.140 e. The van der Waals surface area contributed by atoms with Gasteiger partial charge < -0.3 is 10.7 Å². The number of aromatic amines is 1. The van der Waals surface area contributed by atoms with E-state index in [1.165, 1.54) is 0 Å². The van der Waals surface area contributed by atoms with Gasteiger partial charge in [0.25, 0.3) is 0 Å². The monoisotopic (exact) mass is 197 g/mol. The number of aromatic nitrogens is 2. The average molecular weight is 197 g/mol. The van der Waals surface area contributed by atoms with E-state index >= 15 is 0 Å². The van der Waals surface area contributed by atoms with Gasteiger partial charge in [0.15, 0.2) is 0 Å². The third-order valence-corrected chi connectivity index (χ3v) is 2.71. The second-order valence-electron chi connectivity index (χ2n) is 3.62. The highest BCUT2D eigenvalue weighted by Gasteiger charge is 2.11. The molecule has 3 nitrogen and oxygen atoms in total. The first kappa shape index (κ1) is 8.29. The first-order valence-corrected chi connectivity index (χ1v) is 4.95. The Morgan fingerprint density at radius 2 is 2.27 bits per heavy atom. The molecule has 2 aromatic rings. The maximum absolute atomic E-state index is 6.13. The van der Waals surface area contributed by atoms with Gasteiger partial charge in [-0.1, -0.05) is 18.2 Å². The number of nitrogens with one attached hydrogen (secondary N) is 1. The molecule has 3 N–H and O–H groups in total. The lowest BCUT2D eigenvalue weighted by Gasteiger charge is -2.07. The van der Waals surface area contributed by atoms with Gasteiger partial charge in [0.2, 0.25) is 0 Å². The fourth-order valence-electron chi connectivity index (χ4n) is 1.92. The summed E-state index contributed by atoms with van der Waals surface area (Å²) >= 11 is 0. The van der Waals surface area contributed by atoms with Gasteiger partial charge in [0.1, 0.15) is 5.65 Å². The zero-order valence-corrected chi connectivity index (χ0v) is 8.20. The van der Waals surface area contributed by atoms with Crippen molar-refractivity contribution >= 4 is 22.8 Å². The summed E-state index contributed by atoms with van der Waals surface area (Å²) in [5.74, 6) is 0. The summed E-state index contributed by atoms with van der Waals surface area (Å²) < 4.78 is 0. The van der Waals surface area contributed by atoms with Gasteiger partial charge in [-0.15, -0.1) is 0 Å². The number of nitrogen functional groups attached to an aromatic ring is 1. The normalized spacial score (nSPS) is 14.1. The molecule has 0 saturated carbocycles. The van der Waals surface area contributed by atoms with Crippen molar-refractivity contribution in [1.29, 1.82) is 0 Å². The van der Waals surface area contributed by atoms with Crippen molar-refractivity contribution in [3.8, 4) is 0 Å². The van der Waals surface area contributed by atoms with Crippen molar-refractivity contribution in [1.82, 2.24) is 9.97 Å². The minimum atomic E-state index is 0.840. The Hall–Kier alpha value is -2.03. The molecular formula is C12H11N3. The predicted octanol–water partition coefficient (Wildman–Crippen LogP) is 2.27. The third-order valence-electron chi connectivity index (χ3n) is 2.71. The van der Waals surface area contributed by atoms with Gasteiger partial charge in [-0.05, 0) is 18.6 Å². The number of anilines is 1. The lowest BCUT2D eigenvalue weighted by atomic mass is 10.1. The SMILES string of the molecule is Nc1c2c(nc3[nH]ccc13)C=CC=CC2. The average Bonchev–Trinajstić information content (AvgIpc) is 2.56. The molecule has 0 spiro atoms. The number of nitrogens with zero attached hydrogens (tertiary/aromatic N) is 1. The van der Waals surface area contributed by atoms with Crippen LogP contribution in [-0.2, 0) is 6.42 Å². The van der Waals surface area contributed by atoms with Crippen molar-refractivity contribution < 1.29 is 0 Å². The van der Waals surface area contributed by atoms with Crippen LogP contribution in [0.2, 0.25) is 0 Å². The molecular weight excluding hydrogens is 186 g/mol. The Kier molecular flexibility index (Phi) is 1.65. The number of fused-ring (bicyclic) bond motifs is 2. The molecule has 1 aliphatic carbocycles. The van der Waals surface area contributed by atoms with Crippen LogP contribution in [0.3, 0.4) is 0 Å². The first-order chi connectivity index (χ1) is 7.36. The molecule has 1 aliphatic rings. The number of H-pyrrole nitrogens is 1. The number of pyridine rings is 1. The summed E-state index contributed by atoms with van der Waals surface area (Å²) in [7, 11) is 0. The lowest BCUT2D eigenvalue weighted by molar-refractivity contribution is 1.20. The molecule has 3 rings (SSSR count). The molecule has 0 radical (unpaired) electrons. The lowest BCUT2D eigenvalue weighted by Crippen LogP contribution is -1.99. The van der Waals surface area contributed by atoms with Crippen LogP contribution >= 0.6 is 0 Å². The topological polar surface area (TPSA) is 54.7 Å². The van der Waals surface area contributed by atoms with Gasteiger partial charge in [0.05, 0.1) is 5.69 Å². The molecule has 0 aliphatic heterocycles. The summed E-state index contributed by atoms with van der Waals surface area (Å²) in [6.45, 7) is 0. The molecule has 0 saturated heterocycles. The Morgan fingerprint density at radius 3 is 3.20 bits per heavy atom. The van der Waals surface area contributed by atoms with Crippen molar-refractivity contribution in [2.24, 2.45) is 0 Å².